The lowest BCUT2D eigenvalue weighted by molar-refractivity contribution is 0.224. The summed E-state index contributed by atoms with van der Waals surface area (Å²) in [4.78, 5) is 13.6. The van der Waals surface area contributed by atoms with Crippen LogP contribution >= 0.6 is 12.2 Å². The van der Waals surface area contributed by atoms with Gasteiger partial charge < -0.3 is 10.6 Å². The molecule has 98 valence electrons. The first-order chi connectivity index (χ1) is 8.72. The van der Waals surface area contributed by atoms with Gasteiger partial charge in [-0.15, -0.1) is 0 Å². The Morgan fingerprint density at radius 2 is 2.11 bits per heavy atom. The fraction of sp³-hybridized carbons (Fsp3) is 0.583. The van der Waals surface area contributed by atoms with Crippen LogP contribution in [0.3, 0.4) is 0 Å². The van der Waals surface area contributed by atoms with Gasteiger partial charge in [-0.1, -0.05) is 19.1 Å². The Hall–Kier alpha value is -1.27. The van der Waals surface area contributed by atoms with Crippen LogP contribution in [0.15, 0.2) is 18.6 Å². The zero-order valence-corrected chi connectivity index (χ0v) is 11.4. The predicted octanol–water partition coefficient (Wildman–Crippen LogP) is 0.663. The number of hydrogen-bond acceptors (Lipinski definition) is 5. The minimum atomic E-state index is 0.226. The minimum Gasteiger partial charge on any atom is -0.392 e. The molecule has 1 aromatic rings. The molecule has 18 heavy (non-hydrogen) atoms. The maximum absolute atomic E-state index is 5.78. The normalized spacial score (nSPS) is 18.6. The highest BCUT2D eigenvalue weighted by molar-refractivity contribution is 7.80. The van der Waals surface area contributed by atoms with Gasteiger partial charge in [-0.25, -0.2) is 4.98 Å². The molecule has 0 amide bonds. The number of piperazine rings is 1. The number of aromatic nitrogens is 2. The van der Waals surface area contributed by atoms with Crippen molar-refractivity contribution in [3.8, 4) is 0 Å². The Bertz CT molecular complexity index is 389. The molecule has 1 unspecified atom stereocenters. The van der Waals surface area contributed by atoms with E-state index in [2.05, 4.69) is 26.7 Å². The highest BCUT2D eigenvalue weighted by atomic mass is 32.1. The molecular weight excluding hydrogens is 246 g/mol. The third-order valence-corrected chi connectivity index (χ3v) is 3.62. The summed E-state index contributed by atoms with van der Waals surface area (Å²) in [5.41, 5.74) is 5.78. The van der Waals surface area contributed by atoms with Crippen molar-refractivity contribution in [2.75, 3.05) is 31.1 Å². The molecule has 2 heterocycles. The monoisotopic (exact) mass is 265 g/mol. The van der Waals surface area contributed by atoms with Crippen molar-refractivity contribution < 1.29 is 0 Å². The molecule has 1 atom stereocenters. The van der Waals surface area contributed by atoms with Crippen LogP contribution in [0.5, 0.6) is 0 Å². The van der Waals surface area contributed by atoms with Crippen molar-refractivity contribution in [1.82, 2.24) is 14.9 Å². The molecular formula is C12H19N5S. The predicted molar refractivity (Wildman–Crippen MR) is 76.7 cm³/mol. The molecule has 0 aromatic carbocycles. The maximum Gasteiger partial charge on any atom is 0.147 e. The first kappa shape index (κ1) is 13.2. The van der Waals surface area contributed by atoms with E-state index in [-0.39, 0.29) is 6.04 Å². The molecule has 0 aliphatic carbocycles. The van der Waals surface area contributed by atoms with Gasteiger partial charge in [0.1, 0.15) is 5.82 Å². The summed E-state index contributed by atoms with van der Waals surface area (Å²) in [6, 6.07) is 0.226. The summed E-state index contributed by atoms with van der Waals surface area (Å²) in [7, 11) is 0. The maximum atomic E-state index is 5.78. The van der Waals surface area contributed by atoms with Crippen LogP contribution < -0.4 is 10.6 Å². The number of thiocarbonyl (C=S) groups is 1. The summed E-state index contributed by atoms with van der Waals surface area (Å²) < 4.78 is 0. The van der Waals surface area contributed by atoms with Crippen molar-refractivity contribution in [2.24, 2.45) is 5.73 Å². The zero-order chi connectivity index (χ0) is 13.0. The van der Waals surface area contributed by atoms with Crippen LogP contribution in [0.1, 0.15) is 13.3 Å². The van der Waals surface area contributed by atoms with Gasteiger partial charge in [-0.05, 0) is 6.42 Å². The van der Waals surface area contributed by atoms with Gasteiger partial charge in [-0.3, -0.25) is 9.88 Å². The van der Waals surface area contributed by atoms with Gasteiger partial charge in [0.05, 0.1) is 17.2 Å². The number of nitrogens with zero attached hydrogens (tertiary/aromatic N) is 4. The molecule has 2 N–H and O–H groups in total. The molecule has 1 fully saturated rings. The summed E-state index contributed by atoms with van der Waals surface area (Å²) >= 11 is 5.12. The second kappa shape index (κ2) is 6.06. The van der Waals surface area contributed by atoms with Gasteiger partial charge in [-0.2, -0.15) is 0 Å². The van der Waals surface area contributed by atoms with E-state index in [1.165, 1.54) is 0 Å². The molecule has 0 spiro atoms. The third-order valence-electron chi connectivity index (χ3n) is 3.34. The lowest BCUT2D eigenvalue weighted by atomic mass is 10.1. The van der Waals surface area contributed by atoms with Crippen molar-refractivity contribution in [3.63, 3.8) is 0 Å². The average molecular weight is 265 g/mol. The van der Waals surface area contributed by atoms with Crippen molar-refractivity contribution in [3.05, 3.63) is 18.6 Å². The van der Waals surface area contributed by atoms with E-state index in [9.17, 15) is 0 Å². The topological polar surface area (TPSA) is 58.3 Å². The minimum absolute atomic E-state index is 0.226. The summed E-state index contributed by atoms with van der Waals surface area (Å²) in [5.74, 6) is 0.945. The molecule has 1 saturated heterocycles. The van der Waals surface area contributed by atoms with Crippen molar-refractivity contribution >= 4 is 23.0 Å². The second-order valence-corrected chi connectivity index (χ2v) is 4.88. The number of nitrogens with two attached hydrogens (primary N) is 1. The summed E-state index contributed by atoms with van der Waals surface area (Å²) in [6.07, 6.45) is 6.20. The molecule has 1 aromatic heterocycles. The van der Waals surface area contributed by atoms with Gasteiger partial charge in [0, 0.05) is 38.6 Å². The van der Waals surface area contributed by atoms with E-state index in [4.69, 9.17) is 18.0 Å². The number of anilines is 1. The molecule has 6 heteroatoms. The van der Waals surface area contributed by atoms with E-state index < -0.39 is 0 Å². The highest BCUT2D eigenvalue weighted by Gasteiger charge is 2.24. The second-order valence-electron chi connectivity index (χ2n) is 4.41. The van der Waals surface area contributed by atoms with Crippen LogP contribution in [0.25, 0.3) is 0 Å². The SMILES string of the molecule is CCC(C(N)=S)N1CCN(c2cnccn2)CC1. The summed E-state index contributed by atoms with van der Waals surface area (Å²) in [5, 5.41) is 0. The van der Waals surface area contributed by atoms with Crippen molar-refractivity contribution in [1.29, 1.82) is 0 Å². The third kappa shape index (κ3) is 2.94. The van der Waals surface area contributed by atoms with Crippen molar-refractivity contribution in [2.45, 2.75) is 19.4 Å². The molecule has 0 saturated carbocycles. The number of rotatable bonds is 4. The van der Waals surface area contributed by atoms with E-state index >= 15 is 0 Å². The lowest BCUT2D eigenvalue weighted by Crippen LogP contribution is -2.53. The average Bonchev–Trinajstić information content (AvgIpc) is 2.41. The molecule has 2 rings (SSSR count). The van der Waals surface area contributed by atoms with Gasteiger partial charge in [0.25, 0.3) is 0 Å². The molecule has 1 aliphatic heterocycles. The molecule has 5 nitrogen and oxygen atoms in total. The van der Waals surface area contributed by atoms with Crippen LogP contribution in [-0.4, -0.2) is 52.1 Å². The standard InChI is InChI=1S/C12H19N5S/c1-2-10(12(13)18)16-5-7-17(8-6-16)11-9-14-3-4-15-11/h3-4,9-10H,2,5-8H2,1H3,(H2,13,18). The molecule has 0 bridgehead atoms. The molecule has 0 radical (unpaired) electrons. The largest absolute Gasteiger partial charge is 0.392 e. The van der Waals surface area contributed by atoms with Gasteiger partial charge in [0.15, 0.2) is 0 Å². The Morgan fingerprint density at radius 3 is 2.61 bits per heavy atom. The first-order valence-electron chi connectivity index (χ1n) is 6.26. The Kier molecular flexibility index (Phi) is 4.43. The van der Waals surface area contributed by atoms with Crippen LogP contribution in [-0.2, 0) is 0 Å². The van der Waals surface area contributed by atoms with Crippen LogP contribution in [0.4, 0.5) is 5.82 Å². The number of hydrogen-bond donors (Lipinski definition) is 1. The van der Waals surface area contributed by atoms with Gasteiger partial charge >= 0.3 is 0 Å². The van der Waals surface area contributed by atoms with E-state index in [1.807, 2.05) is 0 Å². The van der Waals surface area contributed by atoms with Crippen LogP contribution in [0.2, 0.25) is 0 Å². The van der Waals surface area contributed by atoms with E-state index in [0.29, 0.717) is 4.99 Å². The Balaban J connectivity index is 1.94. The van der Waals surface area contributed by atoms with E-state index in [0.717, 1.165) is 38.4 Å². The fourth-order valence-electron chi connectivity index (χ4n) is 2.36. The molecule has 1 aliphatic rings. The van der Waals surface area contributed by atoms with E-state index in [1.54, 1.807) is 18.6 Å². The highest BCUT2D eigenvalue weighted by Crippen LogP contribution is 2.14. The lowest BCUT2D eigenvalue weighted by Gasteiger charge is -2.38. The quantitative estimate of drug-likeness (QED) is 0.807. The Labute approximate surface area is 113 Å². The fourth-order valence-corrected chi connectivity index (χ4v) is 2.67. The van der Waals surface area contributed by atoms with Gasteiger partial charge in [0.2, 0.25) is 0 Å². The zero-order valence-electron chi connectivity index (χ0n) is 10.6. The smallest absolute Gasteiger partial charge is 0.147 e. The van der Waals surface area contributed by atoms with Crippen LogP contribution in [0, 0.1) is 0 Å². The first-order valence-corrected chi connectivity index (χ1v) is 6.67. The summed E-state index contributed by atoms with van der Waals surface area (Å²) in [6.45, 7) is 5.94. The Morgan fingerprint density at radius 1 is 1.39 bits per heavy atom.